The van der Waals surface area contributed by atoms with Crippen molar-refractivity contribution in [3.8, 4) is 11.1 Å². The Hall–Kier alpha value is -3.39. The van der Waals surface area contributed by atoms with Crippen LogP contribution in [0, 0.1) is 0 Å². The summed E-state index contributed by atoms with van der Waals surface area (Å²) in [6, 6.07) is 16.1. The molecule has 2 aliphatic rings. The van der Waals surface area contributed by atoms with Gasteiger partial charge in [-0.05, 0) is 41.5 Å². The summed E-state index contributed by atoms with van der Waals surface area (Å²) in [5.41, 5.74) is 4.76. The minimum atomic E-state index is -0.919. The first-order valence-corrected chi connectivity index (χ1v) is 12.3. The van der Waals surface area contributed by atoms with Crippen molar-refractivity contribution in [3.05, 3.63) is 59.7 Å². The standard InChI is InChI=1S/C27H33N3O5/c1-2-18(15-26(32)33)28-25(31)16-30-13-11-19(12-14-30)29-27(34)35-17-24-22-9-5-3-7-20(22)21-8-4-6-10-23(21)24/h3-10,18-19,24H,2,11-17H2,1H3,(H,28,31)(H,29,34)(H,32,33). The molecule has 2 aromatic rings. The van der Waals surface area contributed by atoms with E-state index in [-0.39, 0.29) is 43.5 Å². The first-order chi connectivity index (χ1) is 16.9. The molecule has 1 fully saturated rings. The number of carboxylic acids is 1. The van der Waals surface area contributed by atoms with E-state index < -0.39 is 12.1 Å². The second-order valence-corrected chi connectivity index (χ2v) is 9.29. The van der Waals surface area contributed by atoms with Crippen LogP contribution >= 0.6 is 0 Å². The smallest absolute Gasteiger partial charge is 0.407 e. The van der Waals surface area contributed by atoms with E-state index in [2.05, 4.69) is 34.9 Å². The van der Waals surface area contributed by atoms with Gasteiger partial charge in [0.15, 0.2) is 0 Å². The highest BCUT2D eigenvalue weighted by atomic mass is 16.5. The van der Waals surface area contributed by atoms with E-state index in [1.807, 2.05) is 36.1 Å². The van der Waals surface area contributed by atoms with Crippen LogP contribution in [0.5, 0.6) is 0 Å². The molecule has 1 heterocycles. The Morgan fingerprint density at radius 1 is 1.03 bits per heavy atom. The van der Waals surface area contributed by atoms with E-state index in [1.54, 1.807) is 0 Å². The van der Waals surface area contributed by atoms with E-state index in [9.17, 15) is 14.4 Å². The number of piperidine rings is 1. The molecule has 0 bridgehead atoms. The average molecular weight is 480 g/mol. The van der Waals surface area contributed by atoms with Crippen molar-refractivity contribution >= 4 is 18.0 Å². The Morgan fingerprint density at radius 2 is 1.63 bits per heavy atom. The Balaban J connectivity index is 1.21. The Kier molecular flexibility index (Phi) is 8.02. The van der Waals surface area contributed by atoms with Crippen LogP contribution in [0.25, 0.3) is 11.1 Å². The van der Waals surface area contributed by atoms with Crippen LogP contribution in [0.3, 0.4) is 0 Å². The van der Waals surface area contributed by atoms with Crippen molar-refractivity contribution < 1.29 is 24.2 Å². The van der Waals surface area contributed by atoms with Crippen molar-refractivity contribution in [2.75, 3.05) is 26.2 Å². The van der Waals surface area contributed by atoms with Crippen LogP contribution < -0.4 is 10.6 Å². The van der Waals surface area contributed by atoms with Gasteiger partial charge in [0, 0.05) is 31.1 Å². The number of rotatable bonds is 9. The number of ether oxygens (including phenoxy) is 1. The number of hydrogen-bond donors (Lipinski definition) is 3. The molecule has 0 spiro atoms. The number of likely N-dealkylation sites (tertiary alicyclic amines) is 1. The van der Waals surface area contributed by atoms with Gasteiger partial charge in [-0.15, -0.1) is 0 Å². The van der Waals surface area contributed by atoms with Gasteiger partial charge in [-0.2, -0.15) is 0 Å². The van der Waals surface area contributed by atoms with Crippen LogP contribution in [0.1, 0.15) is 49.7 Å². The number of nitrogens with one attached hydrogen (secondary N) is 2. The molecule has 8 heteroatoms. The zero-order chi connectivity index (χ0) is 24.8. The van der Waals surface area contributed by atoms with E-state index in [0.29, 0.717) is 19.5 Å². The van der Waals surface area contributed by atoms with Crippen molar-refractivity contribution in [3.63, 3.8) is 0 Å². The normalized spacial score (nSPS) is 16.7. The minimum Gasteiger partial charge on any atom is -0.481 e. The molecular formula is C27H33N3O5. The summed E-state index contributed by atoms with van der Waals surface area (Å²) in [6.45, 7) is 3.73. The third kappa shape index (κ3) is 6.19. The molecule has 35 heavy (non-hydrogen) atoms. The van der Waals surface area contributed by atoms with Crippen molar-refractivity contribution in [1.82, 2.24) is 15.5 Å². The lowest BCUT2D eigenvalue weighted by atomic mass is 9.98. The lowest BCUT2D eigenvalue weighted by molar-refractivity contribution is -0.137. The maximum atomic E-state index is 12.5. The molecule has 1 aliphatic carbocycles. The molecule has 0 saturated carbocycles. The Morgan fingerprint density at radius 3 is 2.20 bits per heavy atom. The Bertz CT molecular complexity index is 1020. The van der Waals surface area contributed by atoms with E-state index >= 15 is 0 Å². The number of carbonyl (C=O) groups excluding carboxylic acids is 2. The maximum Gasteiger partial charge on any atom is 0.407 e. The molecule has 1 unspecified atom stereocenters. The molecule has 2 aromatic carbocycles. The van der Waals surface area contributed by atoms with Crippen molar-refractivity contribution in [2.45, 2.75) is 50.6 Å². The monoisotopic (exact) mass is 479 g/mol. The van der Waals surface area contributed by atoms with Gasteiger partial charge in [-0.25, -0.2) is 4.79 Å². The summed E-state index contributed by atoms with van der Waals surface area (Å²) in [5.74, 6) is -1.06. The first-order valence-electron chi connectivity index (χ1n) is 12.3. The number of fused-ring (bicyclic) bond motifs is 3. The summed E-state index contributed by atoms with van der Waals surface area (Å²) in [7, 11) is 0. The molecule has 0 aromatic heterocycles. The van der Waals surface area contributed by atoms with Gasteiger partial charge in [-0.3, -0.25) is 14.5 Å². The quantitative estimate of drug-likeness (QED) is 0.509. The van der Waals surface area contributed by atoms with Crippen LogP contribution in [0.15, 0.2) is 48.5 Å². The summed E-state index contributed by atoms with van der Waals surface area (Å²) in [6.07, 6.45) is 1.54. The topological polar surface area (TPSA) is 108 Å². The third-order valence-electron chi connectivity index (χ3n) is 6.90. The van der Waals surface area contributed by atoms with E-state index in [4.69, 9.17) is 9.84 Å². The first kappa shape index (κ1) is 24.7. The average Bonchev–Trinajstić information content (AvgIpc) is 3.17. The fourth-order valence-electron chi connectivity index (χ4n) is 5.03. The summed E-state index contributed by atoms with van der Waals surface area (Å²) in [4.78, 5) is 37.7. The van der Waals surface area contributed by atoms with E-state index in [1.165, 1.54) is 22.3 Å². The second kappa shape index (κ2) is 11.4. The second-order valence-electron chi connectivity index (χ2n) is 9.29. The lowest BCUT2D eigenvalue weighted by Gasteiger charge is -2.32. The minimum absolute atomic E-state index is 0.000336. The van der Waals surface area contributed by atoms with Crippen LogP contribution in [-0.2, 0) is 14.3 Å². The summed E-state index contributed by atoms with van der Waals surface area (Å²) >= 11 is 0. The number of amides is 2. The van der Waals surface area contributed by atoms with Crippen LogP contribution in [0.4, 0.5) is 4.79 Å². The molecule has 1 saturated heterocycles. The SMILES string of the molecule is CCC(CC(=O)O)NC(=O)CN1CCC(NC(=O)OCC2c3ccccc3-c3ccccc32)CC1. The predicted molar refractivity (Wildman–Crippen MR) is 132 cm³/mol. The van der Waals surface area contributed by atoms with Crippen LogP contribution in [0.2, 0.25) is 0 Å². The molecule has 1 aliphatic heterocycles. The van der Waals surface area contributed by atoms with E-state index in [0.717, 1.165) is 12.8 Å². The number of alkyl carbamates (subject to hydrolysis) is 1. The van der Waals surface area contributed by atoms with Gasteiger partial charge in [0.25, 0.3) is 0 Å². The predicted octanol–water partition coefficient (Wildman–Crippen LogP) is 3.36. The molecule has 3 N–H and O–H groups in total. The molecule has 8 nitrogen and oxygen atoms in total. The highest BCUT2D eigenvalue weighted by Gasteiger charge is 2.29. The van der Waals surface area contributed by atoms with Gasteiger partial charge in [-0.1, -0.05) is 55.5 Å². The summed E-state index contributed by atoms with van der Waals surface area (Å²) < 4.78 is 5.65. The molecule has 4 rings (SSSR count). The Labute approximate surface area is 205 Å². The van der Waals surface area contributed by atoms with Gasteiger partial charge in [0.2, 0.25) is 5.91 Å². The molecule has 2 amide bonds. The van der Waals surface area contributed by atoms with Gasteiger partial charge < -0.3 is 20.5 Å². The zero-order valence-corrected chi connectivity index (χ0v) is 20.0. The number of carboxylic acid groups (broad SMARTS) is 1. The van der Waals surface area contributed by atoms with Crippen molar-refractivity contribution in [1.29, 1.82) is 0 Å². The van der Waals surface area contributed by atoms with Gasteiger partial charge in [0.1, 0.15) is 6.61 Å². The molecule has 186 valence electrons. The van der Waals surface area contributed by atoms with Crippen LogP contribution in [-0.4, -0.2) is 66.3 Å². The van der Waals surface area contributed by atoms with Gasteiger partial charge >= 0.3 is 12.1 Å². The third-order valence-corrected chi connectivity index (χ3v) is 6.90. The number of carbonyl (C=O) groups is 3. The molecule has 1 atom stereocenters. The fourth-order valence-corrected chi connectivity index (χ4v) is 5.03. The maximum absolute atomic E-state index is 12.5. The molecule has 0 radical (unpaired) electrons. The number of aliphatic carboxylic acids is 1. The summed E-state index contributed by atoms with van der Waals surface area (Å²) in [5, 5.41) is 14.7. The highest BCUT2D eigenvalue weighted by molar-refractivity contribution is 5.80. The largest absolute Gasteiger partial charge is 0.481 e. The number of hydrogen-bond acceptors (Lipinski definition) is 5. The fraction of sp³-hybridized carbons (Fsp3) is 0.444. The highest BCUT2D eigenvalue weighted by Crippen LogP contribution is 2.44. The number of nitrogens with zero attached hydrogens (tertiary/aromatic N) is 1. The zero-order valence-electron chi connectivity index (χ0n) is 20.0. The van der Waals surface area contributed by atoms with Gasteiger partial charge in [0.05, 0.1) is 13.0 Å². The van der Waals surface area contributed by atoms with Crippen molar-refractivity contribution in [2.24, 2.45) is 0 Å². The number of benzene rings is 2. The lowest BCUT2D eigenvalue weighted by Crippen LogP contribution is -2.48. The molecular weight excluding hydrogens is 446 g/mol.